The van der Waals surface area contributed by atoms with Crippen LogP contribution < -0.4 is 0 Å². The molecule has 0 aliphatic carbocycles. The highest BCUT2D eigenvalue weighted by molar-refractivity contribution is 8.45. The maximum Gasteiger partial charge on any atom is 0.0717 e. The van der Waals surface area contributed by atoms with Crippen molar-refractivity contribution in [1.29, 1.82) is 5.26 Å². The van der Waals surface area contributed by atoms with Gasteiger partial charge in [-0.25, -0.2) is 0 Å². The first-order valence-electron chi connectivity index (χ1n) is 6.97. The Balaban J connectivity index is 2.06. The smallest absolute Gasteiger partial charge is 0.0717 e. The van der Waals surface area contributed by atoms with E-state index in [1.165, 1.54) is 25.4 Å². The second kappa shape index (κ2) is 11.3. The van der Waals surface area contributed by atoms with Crippen LogP contribution in [-0.4, -0.2) is 23.5 Å². The van der Waals surface area contributed by atoms with Gasteiger partial charge in [-0.15, -0.1) is 47.0 Å². The molecule has 0 aromatic rings. The van der Waals surface area contributed by atoms with Crippen LogP contribution in [0.25, 0.3) is 0 Å². The molecule has 0 bridgehead atoms. The van der Waals surface area contributed by atoms with Crippen LogP contribution in [-0.2, 0) is 0 Å². The van der Waals surface area contributed by atoms with E-state index in [1.807, 2.05) is 94.1 Å². The second-order valence-electron chi connectivity index (χ2n) is 3.96. The highest BCUT2D eigenvalue weighted by atomic mass is 32.3. The molecule has 23 heavy (non-hydrogen) atoms. The summed E-state index contributed by atoms with van der Waals surface area (Å²) in [5.74, 6) is 3.14. The normalized spacial score (nSPS) is 18.3. The third-order valence-electron chi connectivity index (χ3n) is 2.42. The van der Waals surface area contributed by atoms with Gasteiger partial charge in [-0.1, -0.05) is 60.9 Å². The summed E-state index contributed by atoms with van der Waals surface area (Å²) in [6.07, 6.45) is 2.76. The number of nitriles is 1. The molecule has 0 fully saturated rings. The lowest BCUT2D eigenvalue weighted by molar-refractivity contribution is 1.24. The van der Waals surface area contributed by atoms with Crippen LogP contribution in [0.5, 0.6) is 0 Å². The Morgan fingerprint density at radius 2 is 1.30 bits per heavy atom. The Morgan fingerprint density at radius 1 is 0.826 bits per heavy atom. The lowest BCUT2D eigenvalue weighted by Crippen LogP contribution is -1.75. The van der Waals surface area contributed by atoms with Crippen molar-refractivity contribution in [3.8, 4) is 6.07 Å². The molecule has 0 aromatic heterocycles. The lowest BCUT2D eigenvalue weighted by Gasteiger charge is -2.02. The van der Waals surface area contributed by atoms with Crippen LogP contribution in [0.2, 0.25) is 0 Å². The summed E-state index contributed by atoms with van der Waals surface area (Å²) >= 11 is 15.3. The van der Waals surface area contributed by atoms with Crippen LogP contribution in [0.15, 0.2) is 25.4 Å². The number of rotatable bonds is 8. The molecule has 9 heteroatoms. The van der Waals surface area contributed by atoms with Crippen LogP contribution in [0.1, 0.15) is 20.3 Å². The second-order valence-corrected chi connectivity index (χ2v) is 14.1. The van der Waals surface area contributed by atoms with Crippen molar-refractivity contribution in [2.75, 3.05) is 23.5 Å². The molecule has 0 radical (unpaired) electrons. The zero-order valence-corrected chi connectivity index (χ0v) is 19.6. The summed E-state index contributed by atoms with van der Waals surface area (Å²) in [5.41, 5.74) is 0. The topological polar surface area (TPSA) is 23.8 Å². The third-order valence-corrected chi connectivity index (χ3v) is 13.6. The van der Waals surface area contributed by atoms with Gasteiger partial charge in [-0.3, -0.25) is 0 Å². The minimum atomic E-state index is 0.618. The van der Waals surface area contributed by atoms with E-state index in [4.69, 9.17) is 5.26 Å². The van der Waals surface area contributed by atoms with Crippen molar-refractivity contribution in [1.82, 2.24) is 0 Å². The van der Waals surface area contributed by atoms with Gasteiger partial charge in [-0.2, -0.15) is 5.26 Å². The van der Waals surface area contributed by atoms with Gasteiger partial charge in [0.25, 0.3) is 0 Å². The first-order chi connectivity index (χ1) is 11.2. The number of thioether (sulfide) groups is 8. The number of hydrogen-bond acceptors (Lipinski definition) is 9. The molecule has 2 heterocycles. The van der Waals surface area contributed by atoms with Crippen LogP contribution in [0, 0.1) is 11.3 Å². The Hall–Kier alpha value is 1.51. The summed E-state index contributed by atoms with van der Waals surface area (Å²) in [4.78, 5) is 0. The molecule has 0 saturated carbocycles. The van der Waals surface area contributed by atoms with Crippen LogP contribution in [0.4, 0.5) is 0 Å². The predicted octanol–water partition coefficient (Wildman–Crippen LogP) is 7.84. The molecular formula is C14H17NS8. The summed E-state index contributed by atoms with van der Waals surface area (Å²) in [6.45, 7) is 4.44. The summed E-state index contributed by atoms with van der Waals surface area (Å²) < 4.78 is 8.58. The van der Waals surface area contributed by atoms with Crippen LogP contribution in [0.3, 0.4) is 0 Å². The average Bonchev–Trinajstić information content (AvgIpc) is 3.13. The van der Waals surface area contributed by atoms with E-state index in [2.05, 4.69) is 26.2 Å². The zero-order chi connectivity index (χ0) is 16.7. The monoisotopic (exact) mass is 455 g/mol. The maximum absolute atomic E-state index is 8.72. The fraction of sp³-hybridized carbons (Fsp3) is 0.500. The fourth-order valence-corrected chi connectivity index (χ4v) is 12.8. The number of nitrogens with zero attached hydrogens (tertiary/aromatic N) is 1. The van der Waals surface area contributed by atoms with Gasteiger partial charge in [0.1, 0.15) is 0 Å². The van der Waals surface area contributed by atoms with Crippen LogP contribution >= 0.6 is 94.1 Å². The standard InChI is InChI=1S/C14H17NS8/c1-4-17-11-12(18-5-2)23-14(22-11)13-20-9(16-3)10(21-13)19-8-6-7-15/h4-6,8H2,1-3H3. The fourth-order valence-electron chi connectivity index (χ4n) is 1.55. The maximum atomic E-state index is 8.72. The predicted molar refractivity (Wildman–Crippen MR) is 124 cm³/mol. The van der Waals surface area contributed by atoms with E-state index in [9.17, 15) is 0 Å². The average molecular weight is 456 g/mol. The summed E-state index contributed by atoms with van der Waals surface area (Å²) in [5, 5.41) is 8.72. The molecule has 0 N–H and O–H groups in total. The van der Waals surface area contributed by atoms with E-state index in [-0.39, 0.29) is 0 Å². The van der Waals surface area contributed by atoms with Crippen molar-refractivity contribution in [2.24, 2.45) is 0 Å². The molecule has 0 aromatic carbocycles. The van der Waals surface area contributed by atoms with Crippen molar-refractivity contribution in [3.05, 3.63) is 25.4 Å². The zero-order valence-electron chi connectivity index (χ0n) is 13.0. The first-order valence-corrected chi connectivity index (χ1v) is 14.4. The van der Waals surface area contributed by atoms with Gasteiger partial charge in [0.2, 0.25) is 0 Å². The highest BCUT2D eigenvalue weighted by Gasteiger charge is 2.30. The Morgan fingerprint density at radius 3 is 1.74 bits per heavy atom. The van der Waals surface area contributed by atoms with Crippen molar-refractivity contribution < 1.29 is 0 Å². The Labute approximate surface area is 173 Å². The highest BCUT2D eigenvalue weighted by Crippen LogP contribution is 2.65. The van der Waals surface area contributed by atoms with Gasteiger partial charge < -0.3 is 0 Å². The quantitative estimate of drug-likeness (QED) is 0.338. The van der Waals surface area contributed by atoms with Gasteiger partial charge in [0.05, 0.1) is 31.5 Å². The molecule has 0 atom stereocenters. The summed E-state index contributed by atoms with van der Waals surface area (Å²) in [7, 11) is 0. The molecular weight excluding hydrogens is 439 g/mol. The van der Waals surface area contributed by atoms with Crippen molar-refractivity contribution >= 4 is 94.1 Å². The Bertz CT molecular complexity index is 552. The SMILES string of the molecule is CCSC1=C(SCC)SC(=C2SC(SC)=C(SCCC#N)S2)S1. The van der Waals surface area contributed by atoms with E-state index in [0.29, 0.717) is 6.42 Å². The van der Waals surface area contributed by atoms with Gasteiger partial charge in [0, 0.05) is 12.2 Å². The molecule has 0 unspecified atom stereocenters. The summed E-state index contributed by atoms with van der Waals surface area (Å²) in [6, 6.07) is 2.23. The molecule has 0 saturated heterocycles. The van der Waals surface area contributed by atoms with E-state index in [0.717, 1.165) is 17.3 Å². The van der Waals surface area contributed by atoms with E-state index in [1.54, 1.807) is 0 Å². The number of hydrogen-bond donors (Lipinski definition) is 0. The molecule has 0 amide bonds. The molecule has 0 spiro atoms. The van der Waals surface area contributed by atoms with Crippen molar-refractivity contribution in [3.63, 3.8) is 0 Å². The van der Waals surface area contributed by atoms with Gasteiger partial charge >= 0.3 is 0 Å². The molecule has 2 aliphatic heterocycles. The van der Waals surface area contributed by atoms with Gasteiger partial charge in [-0.05, 0) is 17.8 Å². The Kier molecular flexibility index (Phi) is 10.2. The van der Waals surface area contributed by atoms with E-state index >= 15 is 0 Å². The van der Waals surface area contributed by atoms with Crippen molar-refractivity contribution in [2.45, 2.75) is 20.3 Å². The third kappa shape index (κ3) is 6.02. The molecule has 1 nitrogen and oxygen atoms in total. The van der Waals surface area contributed by atoms with Gasteiger partial charge in [0.15, 0.2) is 0 Å². The minimum Gasteiger partial charge on any atom is -0.198 e. The first kappa shape index (κ1) is 20.8. The lowest BCUT2D eigenvalue weighted by atomic mass is 10.6. The van der Waals surface area contributed by atoms with E-state index < -0.39 is 0 Å². The molecule has 2 rings (SSSR count). The molecule has 126 valence electrons. The largest absolute Gasteiger partial charge is 0.198 e. The minimum absolute atomic E-state index is 0.618. The molecule has 2 aliphatic rings.